The first kappa shape index (κ1) is 26.5. The van der Waals surface area contributed by atoms with E-state index in [0.717, 1.165) is 56.2 Å². The van der Waals surface area contributed by atoms with Gasteiger partial charge in [-0.25, -0.2) is 0 Å². The van der Waals surface area contributed by atoms with Gasteiger partial charge in [-0.1, -0.05) is 73.5 Å². The van der Waals surface area contributed by atoms with Crippen LogP contribution in [0.1, 0.15) is 25.7 Å². The molecule has 0 aromatic heterocycles. The predicted octanol–water partition coefficient (Wildman–Crippen LogP) is 6.52. The van der Waals surface area contributed by atoms with E-state index in [4.69, 9.17) is 9.47 Å². The van der Waals surface area contributed by atoms with E-state index in [2.05, 4.69) is 42.5 Å². The Morgan fingerprint density at radius 3 is 1.53 bits per heavy atom. The Morgan fingerprint density at radius 2 is 1.08 bits per heavy atom. The lowest BCUT2D eigenvalue weighted by Gasteiger charge is -2.32. The maximum absolute atomic E-state index is 12.8. The van der Waals surface area contributed by atoms with Crippen LogP contribution >= 0.6 is 31.9 Å². The fourth-order valence-electron chi connectivity index (χ4n) is 4.91. The van der Waals surface area contributed by atoms with Gasteiger partial charge in [0, 0.05) is 12.1 Å². The van der Waals surface area contributed by atoms with Crippen LogP contribution in [0.4, 0.5) is 0 Å². The molecular weight excluding hydrogens is 612 g/mol. The van der Waals surface area contributed by atoms with Gasteiger partial charge in [0.1, 0.15) is 11.5 Å². The van der Waals surface area contributed by atoms with Crippen molar-refractivity contribution in [3.8, 4) is 11.5 Å². The Labute approximate surface area is 238 Å². The highest BCUT2D eigenvalue weighted by molar-refractivity contribution is 9.11. The standard InChI is InChI=1S/C30H28Br2N2O4/c31-29-21-9-3-1-7-19(21)13-15-25(29)37-17-27(35)33-23-11-5-6-12-24(23)34-28(36)18-38-26-16-14-20-8-2-4-10-22(20)30(26)32/h1-4,7-10,13-16,23-24H,5-6,11-12,17-18H2,(H,33,35)(H,34,36)/t23-,24-/m1/s1. The first-order chi connectivity index (χ1) is 18.5. The minimum absolute atomic E-state index is 0.104. The molecule has 0 spiro atoms. The fourth-order valence-corrected chi connectivity index (χ4v) is 6.13. The number of benzene rings is 4. The molecule has 196 valence electrons. The molecule has 2 N–H and O–H groups in total. The second kappa shape index (κ2) is 12.2. The van der Waals surface area contributed by atoms with E-state index in [1.54, 1.807) is 0 Å². The van der Waals surface area contributed by atoms with E-state index >= 15 is 0 Å². The highest BCUT2D eigenvalue weighted by Gasteiger charge is 2.28. The molecule has 0 unspecified atom stereocenters. The summed E-state index contributed by atoms with van der Waals surface area (Å²) in [5.41, 5.74) is 0. The summed E-state index contributed by atoms with van der Waals surface area (Å²) >= 11 is 7.19. The van der Waals surface area contributed by atoms with E-state index in [1.165, 1.54) is 0 Å². The van der Waals surface area contributed by atoms with E-state index in [-0.39, 0.29) is 37.1 Å². The zero-order valence-electron chi connectivity index (χ0n) is 20.7. The summed E-state index contributed by atoms with van der Waals surface area (Å²) < 4.78 is 13.3. The average Bonchev–Trinajstić information content (AvgIpc) is 2.94. The number of ether oxygens (including phenoxy) is 2. The molecule has 8 heteroatoms. The third-order valence-electron chi connectivity index (χ3n) is 6.83. The van der Waals surface area contributed by atoms with Crippen LogP contribution in [-0.4, -0.2) is 37.1 Å². The smallest absolute Gasteiger partial charge is 0.258 e. The zero-order chi connectivity index (χ0) is 26.5. The third kappa shape index (κ3) is 6.13. The normalized spacial score (nSPS) is 17.2. The first-order valence-electron chi connectivity index (χ1n) is 12.7. The predicted molar refractivity (Wildman–Crippen MR) is 157 cm³/mol. The summed E-state index contributed by atoms with van der Waals surface area (Å²) in [6.45, 7) is -0.208. The Balaban J connectivity index is 1.14. The number of amides is 2. The molecule has 2 amide bonds. The monoisotopic (exact) mass is 638 g/mol. The Morgan fingerprint density at radius 1 is 0.658 bits per heavy atom. The van der Waals surface area contributed by atoms with E-state index in [9.17, 15) is 9.59 Å². The Bertz CT molecular complexity index is 1360. The van der Waals surface area contributed by atoms with Gasteiger partial charge < -0.3 is 20.1 Å². The summed E-state index contributed by atoms with van der Waals surface area (Å²) in [5, 5.41) is 10.4. The van der Waals surface area contributed by atoms with Crippen LogP contribution in [0.5, 0.6) is 11.5 Å². The van der Waals surface area contributed by atoms with Gasteiger partial charge in [-0.3, -0.25) is 9.59 Å². The van der Waals surface area contributed by atoms with Gasteiger partial charge in [0.15, 0.2) is 13.2 Å². The van der Waals surface area contributed by atoms with Crippen LogP contribution < -0.4 is 20.1 Å². The van der Waals surface area contributed by atoms with Crippen molar-refractivity contribution in [3.63, 3.8) is 0 Å². The lowest BCUT2D eigenvalue weighted by Crippen LogP contribution is -2.54. The van der Waals surface area contributed by atoms with E-state index < -0.39 is 0 Å². The van der Waals surface area contributed by atoms with Crippen LogP contribution in [-0.2, 0) is 9.59 Å². The van der Waals surface area contributed by atoms with Gasteiger partial charge in [0.05, 0.1) is 8.95 Å². The minimum atomic E-state index is -0.215. The molecule has 38 heavy (non-hydrogen) atoms. The number of nitrogens with one attached hydrogen (secondary N) is 2. The lowest BCUT2D eigenvalue weighted by molar-refractivity contribution is -0.127. The highest BCUT2D eigenvalue weighted by atomic mass is 79.9. The number of carbonyl (C=O) groups excluding carboxylic acids is 2. The SMILES string of the molecule is O=C(COc1ccc2ccccc2c1Br)N[C@@H]1CCCC[C@H]1NC(=O)COc1ccc2ccccc2c1Br. The molecule has 5 rings (SSSR count). The maximum Gasteiger partial charge on any atom is 0.258 e. The molecule has 1 fully saturated rings. The molecule has 0 heterocycles. The fraction of sp³-hybridized carbons (Fsp3) is 0.267. The van der Waals surface area contributed by atoms with Crippen LogP contribution in [0.25, 0.3) is 21.5 Å². The van der Waals surface area contributed by atoms with Gasteiger partial charge in [0.2, 0.25) is 0 Å². The zero-order valence-corrected chi connectivity index (χ0v) is 23.9. The van der Waals surface area contributed by atoms with Gasteiger partial charge in [-0.05, 0) is 78.4 Å². The molecule has 1 saturated carbocycles. The average molecular weight is 640 g/mol. The third-order valence-corrected chi connectivity index (χ3v) is 8.47. The number of rotatable bonds is 8. The molecule has 6 nitrogen and oxygen atoms in total. The van der Waals surface area contributed by atoms with E-state index in [0.29, 0.717) is 11.5 Å². The van der Waals surface area contributed by atoms with Crippen molar-refractivity contribution in [3.05, 3.63) is 81.7 Å². The summed E-state index contributed by atoms with van der Waals surface area (Å²) in [6.07, 6.45) is 3.59. The van der Waals surface area contributed by atoms with Crippen LogP contribution in [0, 0.1) is 0 Å². The molecule has 4 aromatic carbocycles. The van der Waals surface area contributed by atoms with Gasteiger partial charge in [0.25, 0.3) is 11.8 Å². The molecule has 1 aliphatic carbocycles. The number of carbonyl (C=O) groups is 2. The molecule has 2 atom stereocenters. The Hall–Kier alpha value is -3.10. The van der Waals surface area contributed by atoms with Crippen molar-refractivity contribution in [2.45, 2.75) is 37.8 Å². The highest BCUT2D eigenvalue weighted by Crippen LogP contribution is 2.34. The van der Waals surface area contributed by atoms with Crippen molar-refractivity contribution >= 4 is 65.2 Å². The quantitative estimate of drug-likeness (QED) is 0.230. The van der Waals surface area contributed by atoms with Crippen molar-refractivity contribution in [2.24, 2.45) is 0 Å². The molecular formula is C30H28Br2N2O4. The van der Waals surface area contributed by atoms with Crippen molar-refractivity contribution in [1.29, 1.82) is 0 Å². The second-order valence-corrected chi connectivity index (χ2v) is 11.0. The molecule has 1 aliphatic rings. The van der Waals surface area contributed by atoms with Crippen LogP contribution in [0.3, 0.4) is 0 Å². The summed E-state index contributed by atoms with van der Waals surface area (Å²) in [4.78, 5) is 25.5. The van der Waals surface area contributed by atoms with Gasteiger partial charge in [-0.2, -0.15) is 0 Å². The molecule has 0 saturated heterocycles. The maximum atomic E-state index is 12.8. The first-order valence-corrected chi connectivity index (χ1v) is 14.3. The Kier molecular flexibility index (Phi) is 8.49. The number of halogens is 2. The van der Waals surface area contributed by atoms with Crippen molar-refractivity contribution < 1.29 is 19.1 Å². The second-order valence-electron chi connectivity index (χ2n) is 9.41. The number of hydrogen-bond acceptors (Lipinski definition) is 4. The summed E-state index contributed by atoms with van der Waals surface area (Å²) in [7, 11) is 0. The molecule has 0 bridgehead atoms. The molecule has 0 radical (unpaired) electrons. The van der Waals surface area contributed by atoms with Crippen molar-refractivity contribution in [1.82, 2.24) is 10.6 Å². The molecule has 0 aliphatic heterocycles. The van der Waals surface area contributed by atoms with Gasteiger partial charge in [-0.15, -0.1) is 0 Å². The topological polar surface area (TPSA) is 76.7 Å². The summed E-state index contributed by atoms with van der Waals surface area (Å²) in [6, 6.07) is 23.3. The van der Waals surface area contributed by atoms with E-state index in [1.807, 2.05) is 72.8 Å². The number of fused-ring (bicyclic) bond motifs is 2. The van der Waals surface area contributed by atoms with Crippen LogP contribution in [0.2, 0.25) is 0 Å². The molecule has 4 aromatic rings. The lowest BCUT2D eigenvalue weighted by atomic mass is 9.90. The number of hydrogen-bond donors (Lipinski definition) is 2. The van der Waals surface area contributed by atoms with Gasteiger partial charge >= 0.3 is 0 Å². The van der Waals surface area contributed by atoms with Crippen molar-refractivity contribution in [2.75, 3.05) is 13.2 Å². The summed E-state index contributed by atoms with van der Waals surface area (Å²) in [5.74, 6) is 0.800. The largest absolute Gasteiger partial charge is 0.483 e. The van der Waals surface area contributed by atoms with Crippen LogP contribution in [0.15, 0.2) is 81.7 Å². The minimum Gasteiger partial charge on any atom is -0.483 e.